The molecule has 0 aliphatic carbocycles. The van der Waals surface area contributed by atoms with Gasteiger partial charge in [0.25, 0.3) is 5.91 Å². The number of hydrogen-bond acceptors (Lipinski definition) is 5. The minimum Gasteiger partial charge on any atom is -0.455 e. The lowest BCUT2D eigenvalue weighted by atomic mass is 10.2. The second-order valence-corrected chi connectivity index (χ2v) is 8.00. The number of amides is 2. The summed E-state index contributed by atoms with van der Waals surface area (Å²) >= 11 is 10.6. The topological polar surface area (TPSA) is 84.5 Å². The highest BCUT2D eigenvalue weighted by Crippen LogP contribution is 2.26. The van der Waals surface area contributed by atoms with Gasteiger partial charge in [-0.3, -0.25) is 14.4 Å². The fourth-order valence-corrected chi connectivity index (χ4v) is 3.59. The number of rotatable bonds is 8. The Morgan fingerprint density at radius 2 is 1.89 bits per heavy atom. The number of esters is 1. The van der Waals surface area contributed by atoms with Gasteiger partial charge >= 0.3 is 5.97 Å². The van der Waals surface area contributed by atoms with Crippen molar-refractivity contribution in [3.8, 4) is 0 Å². The first kappa shape index (κ1) is 22.3. The first-order valence-electron chi connectivity index (χ1n) is 8.21. The molecule has 0 fully saturated rings. The third-order valence-corrected chi connectivity index (χ3v) is 5.44. The number of hydrogen-bond donors (Lipinski definition) is 2. The molecule has 0 unspecified atom stereocenters. The Kier molecular flexibility index (Phi) is 8.82. The van der Waals surface area contributed by atoms with Crippen LogP contribution in [0.4, 0.5) is 5.69 Å². The zero-order valence-electron chi connectivity index (χ0n) is 15.0. The highest BCUT2D eigenvalue weighted by Gasteiger charge is 2.11. The molecule has 2 rings (SSSR count). The van der Waals surface area contributed by atoms with Crippen LogP contribution in [0.2, 0.25) is 5.02 Å². The fraction of sp³-hybridized carbons (Fsp3) is 0.211. The first-order valence-corrected chi connectivity index (χ1v) is 10.4. The number of carbonyl (C=O) groups excluding carboxylic acids is 3. The molecule has 2 aromatic rings. The number of ether oxygens (including phenoxy) is 1. The number of nitrogens with one attached hydrogen (secondary N) is 2. The Hall–Kier alpha value is -2.03. The maximum absolute atomic E-state index is 11.9. The molecule has 9 heteroatoms. The lowest BCUT2D eigenvalue weighted by Crippen LogP contribution is -2.35. The quantitative estimate of drug-likeness (QED) is 0.439. The van der Waals surface area contributed by atoms with Gasteiger partial charge in [-0.25, -0.2) is 0 Å². The summed E-state index contributed by atoms with van der Waals surface area (Å²) in [6.45, 7) is 1.19. The lowest BCUT2D eigenvalue weighted by Gasteiger charge is -2.10. The number of halogens is 2. The van der Waals surface area contributed by atoms with Crippen molar-refractivity contribution >= 4 is 62.8 Å². The van der Waals surface area contributed by atoms with Gasteiger partial charge in [-0.15, -0.1) is 11.8 Å². The third kappa shape index (κ3) is 7.53. The van der Waals surface area contributed by atoms with Crippen molar-refractivity contribution in [3.05, 3.63) is 57.5 Å². The van der Waals surface area contributed by atoms with E-state index in [9.17, 15) is 14.4 Å². The Bertz CT molecular complexity index is 879. The molecule has 0 aromatic heterocycles. The van der Waals surface area contributed by atoms with Gasteiger partial charge in [0, 0.05) is 15.1 Å². The van der Waals surface area contributed by atoms with Crippen LogP contribution in [0.25, 0.3) is 0 Å². The molecule has 2 amide bonds. The molecule has 0 saturated heterocycles. The number of benzene rings is 2. The molecule has 6 nitrogen and oxygen atoms in total. The molecule has 0 aliphatic rings. The van der Waals surface area contributed by atoms with Crippen LogP contribution in [-0.2, 0) is 19.1 Å². The number of carbonyl (C=O) groups is 3. The van der Waals surface area contributed by atoms with Gasteiger partial charge in [0.05, 0.1) is 17.3 Å². The lowest BCUT2D eigenvalue weighted by molar-refractivity contribution is -0.146. The number of aryl methyl sites for hydroxylation is 1. The minimum atomic E-state index is -0.557. The van der Waals surface area contributed by atoms with Crippen LogP contribution in [-0.4, -0.2) is 36.7 Å². The van der Waals surface area contributed by atoms with E-state index in [1.807, 2.05) is 19.1 Å². The second-order valence-electron chi connectivity index (χ2n) is 5.66. The monoisotopic (exact) mass is 484 g/mol. The van der Waals surface area contributed by atoms with E-state index < -0.39 is 18.5 Å². The van der Waals surface area contributed by atoms with Gasteiger partial charge in [0.2, 0.25) is 5.91 Å². The predicted molar refractivity (Wildman–Crippen MR) is 114 cm³/mol. The van der Waals surface area contributed by atoms with Crippen molar-refractivity contribution in [2.24, 2.45) is 0 Å². The molecule has 0 spiro atoms. The molecule has 28 heavy (non-hydrogen) atoms. The van der Waals surface area contributed by atoms with Crippen molar-refractivity contribution in [3.63, 3.8) is 0 Å². The van der Waals surface area contributed by atoms with Crippen LogP contribution < -0.4 is 10.6 Å². The van der Waals surface area contributed by atoms with Crippen molar-refractivity contribution in [2.75, 3.05) is 24.2 Å². The molecular formula is C19H18BrClN2O4S. The van der Waals surface area contributed by atoms with Crippen molar-refractivity contribution in [2.45, 2.75) is 11.8 Å². The molecule has 2 aromatic carbocycles. The van der Waals surface area contributed by atoms with E-state index in [1.54, 1.807) is 30.3 Å². The van der Waals surface area contributed by atoms with E-state index in [2.05, 4.69) is 26.6 Å². The Morgan fingerprint density at radius 1 is 1.14 bits per heavy atom. The maximum atomic E-state index is 11.9. The number of thioether (sulfide) groups is 1. The van der Waals surface area contributed by atoms with Gasteiger partial charge in [0.1, 0.15) is 0 Å². The highest BCUT2D eigenvalue weighted by atomic mass is 79.9. The smallest absolute Gasteiger partial charge is 0.316 e. The van der Waals surface area contributed by atoms with Crippen LogP contribution in [0.3, 0.4) is 0 Å². The van der Waals surface area contributed by atoms with Gasteiger partial charge in [-0.05, 0) is 42.8 Å². The zero-order chi connectivity index (χ0) is 20.5. The Labute approximate surface area is 180 Å². The molecule has 0 atom stereocenters. The SMILES string of the molecule is Cc1cc(Br)ccc1NC(=O)CNC(=O)COC(=O)CSc1ccccc1Cl. The fourth-order valence-electron chi connectivity index (χ4n) is 2.08. The minimum absolute atomic E-state index is 0.0281. The van der Waals surface area contributed by atoms with E-state index in [-0.39, 0.29) is 18.2 Å². The molecule has 0 heterocycles. The summed E-state index contributed by atoms with van der Waals surface area (Å²) in [4.78, 5) is 36.1. The average molecular weight is 486 g/mol. The van der Waals surface area contributed by atoms with E-state index >= 15 is 0 Å². The van der Waals surface area contributed by atoms with E-state index in [0.717, 1.165) is 14.9 Å². The van der Waals surface area contributed by atoms with Gasteiger partial charge < -0.3 is 15.4 Å². The summed E-state index contributed by atoms with van der Waals surface area (Å²) in [5, 5.41) is 5.66. The summed E-state index contributed by atoms with van der Waals surface area (Å²) < 4.78 is 5.80. The third-order valence-electron chi connectivity index (χ3n) is 3.46. The summed E-state index contributed by atoms with van der Waals surface area (Å²) in [6, 6.07) is 12.6. The second kappa shape index (κ2) is 11.1. The molecular weight excluding hydrogens is 468 g/mol. The van der Waals surface area contributed by atoms with E-state index in [1.165, 1.54) is 11.8 Å². The zero-order valence-corrected chi connectivity index (χ0v) is 18.1. The summed E-state index contributed by atoms with van der Waals surface area (Å²) in [6.07, 6.45) is 0. The Morgan fingerprint density at radius 3 is 2.61 bits per heavy atom. The van der Waals surface area contributed by atoms with Crippen molar-refractivity contribution < 1.29 is 19.1 Å². The summed E-state index contributed by atoms with van der Waals surface area (Å²) in [5.41, 5.74) is 1.55. The summed E-state index contributed by atoms with van der Waals surface area (Å²) in [7, 11) is 0. The van der Waals surface area contributed by atoms with Crippen LogP contribution >= 0.6 is 39.3 Å². The molecule has 2 N–H and O–H groups in total. The van der Waals surface area contributed by atoms with Crippen LogP contribution in [0, 0.1) is 6.92 Å². The van der Waals surface area contributed by atoms with Crippen LogP contribution in [0.1, 0.15) is 5.56 Å². The van der Waals surface area contributed by atoms with Gasteiger partial charge in [0.15, 0.2) is 6.61 Å². The van der Waals surface area contributed by atoms with E-state index in [0.29, 0.717) is 10.7 Å². The molecule has 0 radical (unpaired) electrons. The standard InChI is InChI=1S/C19H18BrClN2O4S/c1-12-8-13(20)6-7-15(12)23-17(24)9-22-18(25)10-27-19(26)11-28-16-5-3-2-4-14(16)21/h2-8H,9-11H2,1H3,(H,22,25)(H,23,24). The van der Waals surface area contributed by atoms with Crippen molar-refractivity contribution in [1.82, 2.24) is 5.32 Å². The molecule has 0 bridgehead atoms. The van der Waals surface area contributed by atoms with Crippen LogP contribution in [0.15, 0.2) is 51.8 Å². The Balaban J connectivity index is 1.67. The largest absolute Gasteiger partial charge is 0.455 e. The van der Waals surface area contributed by atoms with Gasteiger partial charge in [-0.2, -0.15) is 0 Å². The van der Waals surface area contributed by atoms with Crippen LogP contribution in [0.5, 0.6) is 0 Å². The van der Waals surface area contributed by atoms with Gasteiger partial charge in [-0.1, -0.05) is 39.7 Å². The molecule has 0 saturated carbocycles. The highest BCUT2D eigenvalue weighted by molar-refractivity contribution is 9.10. The summed E-state index contributed by atoms with van der Waals surface area (Å²) in [5.74, 6) is -1.45. The number of anilines is 1. The van der Waals surface area contributed by atoms with Crippen molar-refractivity contribution in [1.29, 1.82) is 0 Å². The average Bonchev–Trinajstić information content (AvgIpc) is 2.66. The molecule has 0 aliphatic heterocycles. The normalized spacial score (nSPS) is 10.2. The first-order chi connectivity index (χ1) is 13.3. The maximum Gasteiger partial charge on any atom is 0.316 e. The predicted octanol–water partition coefficient (Wildman–Crippen LogP) is 3.80. The van der Waals surface area contributed by atoms with E-state index in [4.69, 9.17) is 16.3 Å². The molecule has 148 valence electrons.